The highest BCUT2D eigenvalue weighted by molar-refractivity contribution is 6.33. The number of benzene rings is 2. The quantitative estimate of drug-likeness (QED) is 0.365. The Kier molecular flexibility index (Phi) is 4.85. The van der Waals surface area contributed by atoms with Crippen molar-refractivity contribution in [2.24, 2.45) is 0 Å². The van der Waals surface area contributed by atoms with Gasteiger partial charge in [-0.3, -0.25) is 14.9 Å². The third-order valence-corrected chi connectivity index (χ3v) is 3.13. The minimum absolute atomic E-state index is 0.0341. The molecule has 0 fully saturated rings. The van der Waals surface area contributed by atoms with Crippen molar-refractivity contribution in [1.82, 2.24) is 0 Å². The number of Topliss-reactive ketones (excluding diaryl/α,β-unsaturated/α-hetero) is 1. The van der Waals surface area contributed by atoms with Gasteiger partial charge in [-0.2, -0.15) is 0 Å². The van der Waals surface area contributed by atoms with E-state index < -0.39 is 17.5 Å². The lowest BCUT2D eigenvalue weighted by Gasteiger charge is -2.06. The van der Waals surface area contributed by atoms with Crippen LogP contribution in [0.4, 0.5) is 5.69 Å². The molecule has 2 aromatic rings. The number of hydrogen-bond acceptors (Lipinski definition) is 5. The van der Waals surface area contributed by atoms with Crippen LogP contribution in [0.3, 0.4) is 0 Å². The molecule has 0 saturated carbocycles. The predicted molar refractivity (Wildman–Crippen MR) is 79.2 cm³/mol. The average molecular weight is 320 g/mol. The van der Waals surface area contributed by atoms with E-state index in [1.165, 1.54) is 6.07 Å². The maximum atomic E-state index is 11.9. The Bertz CT molecular complexity index is 730. The largest absolute Gasteiger partial charge is 0.454 e. The van der Waals surface area contributed by atoms with Crippen molar-refractivity contribution in [3.05, 3.63) is 74.8 Å². The standard InChI is InChI=1S/C15H10ClNO5/c16-13-8-11(17(20)21)6-7-12(13)15(19)22-9-14(18)10-4-2-1-3-5-10/h1-8H,9H2. The highest BCUT2D eigenvalue weighted by Gasteiger charge is 2.17. The van der Waals surface area contributed by atoms with Crippen molar-refractivity contribution in [3.63, 3.8) is 0 Å². The van der Waals surface area contributed by atoms with Crippen LogP contribution in [0, 0.1) is 10.1 Å². The van der Waals surface area contributed by atoms with Crippen LogP contribution in [-0.4, -0.2) is 23.3 Å². The molecule has 112 valence electrons. The maximum absolute atomic E-state index is 11.9. The van der Waals surface area contributed by atoms with Gasteiger partial charge in [0.1, 0.15) is 0 Å². The van der Waals surface area contributed by atoms with E-state index in [0.29, 0.717) is 5.56 Å². The number of ketones is 1. The van der Waals surface area contributed by atoms with Crippen LogP contribution in [0.25, 0.3) is 0 Å². The van der Waals surface area contributed by atoms with E-state index in [4.69, 9.17) is 16.3 Å². The predicted octanol–water partition coefficient (Wildman–Crippen LogP) is 3.29. The van der Waals surface area contributed by atoms with Gasteiger partial charge >= 0.3 is 5.97 Å². The molecule has 2 rings (SSSR count). The summed E-state index contributed by atoms with van der Waals surface area (Å²) in [6, 6.07) is 11.8. The van der Waals surface area contributed by atoms with Gasteiger partial charge < -0.3 is 4.74 Å². The molecule has 0 heterocycles. The molecule has 0 aliphatic heterocycles. The van der Waals surface area contributed by atoms with Gasteiger partial charge in [-0.1, -0.05) is 41.9 Å². The van der Waals surface area contributed by atoms with Crippen LogP contribution in [0.15, 0.2) is 48.5 Å². The normalized spacial score (nSPS) is 10.0. The maximum Gasteiger partial charge on any atom is 0.340 e. The molecule has 0 atom stereocenters. The number of rotatable bonds is 5. The number of nitro groups is 1. The lowest BCUT2D eigenvalue weighted by molar-refractivity contribution is -0.384. The fraction of sp³-hybridized carbons (Fsp3) is 0.0667. The fourth-order valence-electron chi connectivity index (χ4n) is 1.70. The second kappa shape index (κ2) is 6.82. The molecule has 0 aliphatic rings. The molecule has 7 heteroatoms. The van der Waals surface area contributed by atoms with Gasteiger partial charge in [0.2, 0.25) is 0 Å². The number of nitrogens with zero attached hydrogens (tertiary/aromatic N) is 1. The van der Waals surface area contributed by atoms with Gasteiger partial charge in [-0.25, -0.2) is 4.79 Å². The summed E-state index contributed by atoms with van der Waals surface area (Å²) in [6.45, 7) is -0.434. The number of ether oxygens (including phenoxy) is 1. The molecule has 6 nitrogen and oxygen atoms in total. The molecular weight excluding hydrogens is 310 g/mol. The van der Waals surface area contributed by atoms with Crippen LogP contribution in [0.5, 0.6) is 0 Å². The lowest BCUT2D eigenvalue weighted by atomic mass is 10.1. The first kappa shape index (κ1) is 15.7. The minimum atomic E-state index is -0.816. The van der Waals surface area contributed by atoms with Gasteiger partial charge in [0.05, 0.1) is 15.5 Å². The van der Waals surface area contributed by atoms with E-state index in [-0.39, 0.29) is 22.1 Å². The van der Waals surface area contributed by atoms with Crippen molar-refractivity contribution in [2.45, 2.75) is 0 Å². The number of halogens is 1. The van der Waals surface area contributed by atoms with E-state index in [1.807, 2.05) is 0 Å². The molecule has 0 N–H and O–H groups in total. The molecule has 0 saturated heterocycles. The highest BCUT2D eigenvalue weighted by Crippen LogP contribution is 2.23. The second-order valence-electron chi connectivity index (χ2n) is 4.29. The van der Waals surface area contributed by atoms with E-state index >= 15 is 0 Å². The monoisotopic (exact) mass is 319 g/mol. The summed E-state index contributed by atoms with van der Waals surface area (Å²) < 4.78 is 4.88. The van der Waals surface area contributed by atoms with Crippen LogP contribution in [-0.2, 0) is 4.74 Å². The Labute approximate surface area is 130 Å². The van der Waals surface area contributed by atoms with Crippen molar-refractivity contribution in [2.75, 3.05) is 6.61 Å². The topological polar surface area (TPSA) is 86.5 Å². The van der Waals surface area contributed by atoms with E-state index in [1.54, 1.807) is 30.3 Å². The average Bonchev–Trinajstić information content (AvgIpc) is 2.52. The molecule has 0 radical (unpaired) electrons. The van der Waals surface area contributed by atoms with E-state index in [9.17, 15) is 19.7 Å². The highest BCUT2D eigenvalue weighted by atomic mass is 35.5. The first-order valence-corrected chi connectivity index (χ1v) is 6.56. The number of hydrogen-bond donors (Lipinski definition) is 0. The molecule has 0 spiro atoms. The third kappa shape index (κ3) is 3.67. The zero-order chi connectivity index (χ0) is 16.1. The van der Waals surface area contributed by atoms with Crippen molar-refractivity contribution < 1.29 is 19.2 Å². The van der Waals surface area contributed by atoms with Crippen LogP contribution in [0.1, 0.15) is 20.7 Å². The van der Waals surface area contributed by atoms with Crippen LogP contribution < -0.4 is 0 Å². The van der Waals surface area contributed by atoms with E-state index in [2.05, 4.69) is 0 Å². The Balaban J connectivity index is 2.04. The van der Waals surface area contributed by atoms with Crippen molar-refractivity contribution in [1.29, 1.82) is 0 Å². The number of non-ortho nitro benzene ring substituents is 1. The summed E-state index contributed by atoms with van der Waals surface area (Å²) in [5.41, 5.74) is 0.153. The summed E-state index contributed by atoms with van der Waals surface area (Å²) in [6.07, 6.45) is 0. The molecule has 0 amide bonds. The third-order valence-electron chi connectivity index (χ3n) is 2.81. The molecular formula is C15H10ClNO5. The Morgan fingerprint density at radius 2 is 1.82 bits per heavy atom. The molecule has 0 aliphatic carbocycles. The summed E-state index contributed by atoms with van der Waals surface area (Å²) in [5, 5.41) is 10.5. The minimum Gasteiger partial charge on any atom is -0.454 e. The molecule has 0 unspecified atom stereocenters. The number of nitro benzene ring substituents is 1. The number of esters is 1. The van der Waals surface area contributed by atoms with Gasteiger partial charge in [-0.15, -0.1) is 0 Å². The summed E-state index contributed by atoms with van der Waals surface area (Å²) in [5.74, 6) is -1.17. The fourth-order valence-corrected chi connectivity index (χ4v) is 1.95. The van der Waals surface area contributed by atoms with Crippen LogP contribution in [0.2, 0.25) is 5.02 Å². The Morgan fingerprint density at radius 1 is 1.14 bits per heavy atom. The molecule has 0 aromatic heterocycles. The molecule has 22 heavy (non-hydrogen) atoms. The van der Waals surface area contributed by atoms with Gasteiger partial charge in [0.15, 0.2) is 12.4 Å². The van der Waals surface area contributed by atoms with Gasteiger partial charge in [0, 0.05) is 17.7 Å². The molecule has 2 aromatic carbocycles. The number of carbonyl (C=O) groups excluding carboxylic acids is 2. The number of carbonyl (C=O) groups is 2. The van der Waals surface area contributed by atoms with Crippen LogP contribution >= 0.6 is 11.6 Å². The van der Waals surface area contributed by atoms with Gasteiger partial charge in [-0.05, 0) is 6.07 Å². The Hall–Kier alpha value is -2.73. The zero-order valence-corrected chi connectivity index (χ0v) is 11.9. The zero-order valence-electron chi connectivity index (χ0n) is 11.2. The Morgan fingerprint density at radius 3 is 2.41 bits per heavy atom. The second-order valence-corrected chi connectivity index (χ2v) is 4.69. The smallest absolute Gasteiger partial charge is 0.340 e. The molecule has 0 bridgehead atoms. The summed E-state index contributed by atoms with van der Waals surface area (Å²) in [7, 11) is 0. The SMILES string of the molecule is O=C(COC(=O)c1ccc([N+](=O)[O-])cc1Cl)c1ccccc1. The summed E-state index contributed by atoms with van der Waals surface area (Å²) >= 11 is 5.81. The summed E-state index contributed by atoms with van der Waals surface area (Å²) in [4.78, 5) is 33.6. The first-order valence-electron chi connectivity index (χ1n) is 6.18. The first-order chi connectivity index (χ1) is 10.5. The van der Waals surface area contributed by atoms with Gasteiger partial charge in [0.25, 0.3) is 5.69 Å². The van der Waals surface area contributed by atoms with E-state index in [0.717, 1.165) is 12.1 Å². The van der Waals surface area contributed by atoms with Crippen molar-refractivity contribution >= 4 is 29.0 Å². The van der Waals surface area contributed by atoms with Crippen molar-refractivity contribution in [3.8, 4) is 0 Å². The lowest BCUT2D eigenvalue weighted by Crippen LogP contribution is -2.14.